The molecule has 0 aromatic heterocycles. The predicted octanol–water partition coefficient (Wildman–Crippen LogP) is 0.935. The quantitative estimate of drug-likeness (QED) is 0.540. The van der Waals surface area contributed by atoms with Crippen molar-refractivity contribution in [3.05, 3.63) is 24.3 Å². The van der Waals surface area contributed by atoms with E-state index in [0.717, 1.165) is 12.8 Å². The van der Waals surface area contributed by atoms with E-state index in [1.54, 1.807) is 18.2 Å². The first-order chi connectivity index (χ1) is 7.24. The summed E-state index contributed by atoms with van der Waals surface area (Å²) in [6.45, 7) is 2.82. The molecule has 3 nitrogen and oxygen atoms in total. The molecule has 0 saturated carbocycles. The van der Waals surface area contributed by atoms with Crippen LogP contribution in [0.1, 0.15) is 26.2 Å². The fraction of sp³-hybridized carbons (Fsp3) is 0.455. The molecule has 1 aromatic rings. The third kappa shape index (κ3) is 4.36. The molecule has 0 fully saturated rings. The van der Waals surface area contributed by atoms with Crippen molar-refractivity contribution in [2.24, 2.45) is 0 Å². The van der Waals surface area contributed by atoms with Gasteiger partial charge in [-0.05, 0) is 24.0 Å². The largest absolute Gasteiger partial charge is 0.494 e. The van der Waals surface area contributed by atoms with E-state index >= 15 is 0 Å². The Morgan fingerprint density at radius 3 is 2.73 bits per heavy atom. The predicted molar refractivity (Wildman–Crippen MR) is 61.3 cm³/mol. The van der Waals surface area contributed by atoms with Crippen LogP contribution in [-0.4, -0.2) is 23.8 Å². The van der Waals surface area contributed by atoms with Crippen molar-refractivity contribution in [2.75, 3.05) is 6.61 Å². The van der Waals surface area contributed by atoms with Gasteiger partial charge in [0.2, 0.25) is 0 Å². The Bertz CT molecular complexity index is 289. The maximum absolute atomic E-state index is 8.96. The third-order valence-corrected chi connectivity index (χ3v) is 2.17. The van der Waals surface area contributed by atoms with Gasteiger partial charge < -0.3 is 14.8 Å². The first-order valence-electron chi connectivity index (χ1n) is 5.33. The van der Waals surface area contributed by atoms with E-state index in [1.807, 2.05) is 6.07 Å². The van der Waals surface area contributed by atoms with Crippen LogP contribution in [0.15, 0.2) is 24.3 Å². The second kappa shape index (κ2) is 6.48. The van der Waals surface area contributed by atoms with Gasteiger partial charge in [0.15, 0.2) is 0 Å². The van der Waals surface area contributed by atoms with Crippen LogP contribution in [0.3, 0.4) is 0 Å². The van der Waals surface area contributed by atoms with Gasteiger partial charge in [-0.1, -0.05) is 31.9 Å². The number of rotatable bonds is 6. The number of hydrogen-bond donors (Lipinski definition) is 2. The molecule has 0 spiro atoms. The molecule has 0 unspecified atom stereocenters. The Balaban J connectivity index is 2.43. The van der Waals surface area contributed by atoms with Crippen molar-refractivity contribution in [2.45, 2.75) is 26.2 Å². The molecule has 0 aliphatic heterocycles. The van der Waals surface area contributed by atoms with Gasteiger partial charge >= 0.3 is 7.12 Å². The number of ether oxygens (including phenoxy) is 1. The zero-order chi connectivity index (χ0) is 11.1. The molecule has 0 heterocycles. The van der Waals surface area contributed by atoms with Gasteiger partial charge in [0, 0.05) is 0 Å². The average Bonchev–Trinajstić information content (AvgIpc) is 2.25. The molecule has 0 radical (unpaired) electrons. The third-order valence-electron chi connectivity index (χ3n) is 2.17. The van der Waals surface area contributed by atoms with Crippen molar-refractivity contribution >= 4 is 12.6 Å². The molecule has 0 aliphatic rings. The topological polar surface area (TPSA) is 49.7 Å². The molecule has 82 valence electrons. The Hall–Kier alpha value is -0.995. The molecule has 4 heteroatoms. The number of unbranched alkanes of at least 4 members (excludes halogenated alkanes) is 2. The van der Waals surface area contributed by atoms with Gasteiger partial charge in [-0.3, -0.25) is 0 Å². The van der Waals surface area contributed by atoms with E-state index in [1.165, 1.54) is 6.42 Å². The molecule has 1 rings (SSSR count). The van der Waals surface area contributed by atoms with Gasteiger partial charge in [0.1, 0.15) is 5.75 Å². The molecule has 0 amide bonds. The van der Waals surface area contributed by atoms with Crippen LogP contribution >= 0.6 is 0 Å². The van der Waals surface area contributed by atoms with Crippen molar-refractivity contribution in [1.82, 2.24) is 0 Å². The van der Waals surface area contributed by atoms with Crippen LogP contribution in [0.25, 0.3) is 0 Å². The Labute approximate surface area is 90.9 Å². The summed E-state index contributed by atoms with van der Waals surface area (Å²) < 4.78 is 5.48. The Morgan fingerprint density at radius 1 is 1.27 bits per heavy atom. The second-order valence-corrected chi connectivity index (χ2v) is 3.50. The second-order valence-electron chi connectivity index (χ2n) is 3.50. The highest BCUT2D eigenvalue weighted by atomic mass is 16.5. The summed E-state index contributed by atoms with van der Waals surface area (Å²) in [5, 5.41) is 17.9. The van der Waals surface area contributed by atoms with E-state index in [-0.39, 0.29) is 0 Å². The summed E-state index contributed by atoms with van der Waals surface area (Å²) in [5.74, 6) is 0.691. The lowest BCUT2D eigenvalue weighted by Crippen LogP contribution is -2.29. The minimum absolute atomic E-state index is 0.461. The van der Waals surface area contributed by atoms with Crippen molar-refractivity contribution in [1.29, 1.82) is 0 Å². The van der Waals surface area contributed by atoms with Crippen molar-refractivity contribution in [3.8, 4) is 5.75 Å². The lowest BCUT2D eigenvalue weighted by molar-refractivity contribution is 0.306. The molecule has 0 aliphatic carbocycles. The van der Waals surface area contributed by atoms with Crippen molar-refractivity contribution < 1.29 is 14.8 Å². The maximum atomic E-state index is 8.96. The highest BCUT2D eigenvalue weighted by Crippen LogP contribution is 2.08. The Morgan fingerprint density at radius 2 is 2.07 bits per heavy atom. The lowest BCUT2D eigenvalue weighted by Gasteiger charge is -2.07. The van der Waals surface area contributed by atoms with Gasteiger partial charge in [0.05, 0.1) is 6.61 Å². The number of hydrogen-bond acceptors (Lipinski definition) is 3. The minimum atomic E-state index is -1.43. The molecular formula is C11H17BO3. The van der Waals surface area contributed by atoms with Crippen LogP contribution < -0.4 is 10.2 Å². The first kappa shape index (κ1) is 12.1. The van der Waals surface area contributed by atoms with Crippen LogP contribution in [0.4, 0.5) is 0 Å². The summed E-state index contributed by atoms with van der Waals surface area (Å²) in [6, 6.07) is 6.88. The average molecular weight is 208 g/mol. The maximum Gasteiger partial charge on any atom is 0.488 e. The molecule has 2 N–H and O–H groups in total. The first-order valence-corrected chi connectivity index (χ1v) is 5.33. The van der Waals surface area contributed by atoms with E-state index in [2.05, 4.69) is 6.92 Å². The summed E-state index contributed by atoms with van der Waals surface area (Å²) in [7, 11) is -1.43. The molecule has 0 atom stereocenters. The van der Waals surface area contributed by atoms with Crippen LogP contribution in [0.5, 0.6) is 5.75 Å². The summed E-state index contributed by atoms with van der Waals surface area (Å²) in [4.78, 5) is 0. The van der Waals surface area contributed by atoms with Gasteiger partial charge in [0.25, 0.3) is 0 Å². The molecule has 15 heavy (non-hydrogen) atoms. The molecular weight excluding hydrogens is 191 g/mol. The smallest absolute Gasteiger partial charge is 0.488 e. The van der Waals surface area contributed by atoms with E-state index in [4.69, 9.17) is 14.8 Å². The van der Waals surface area contributed by atoms with Crippen LogP contribution in [0, 0.1) is 0 Å². The SMILES string of the molecule is CCCCCOc1cccc(B(O)O)c1. The van der Waals surface area contributed by atoms with Gasteiger partial charge in [-0.15, -0.1) is 0 Å². The molecule has 1 aromatic carbocycles. The normalized spacial score (nSPS) is 10.1. The minimum Gasteiger partial charge on any atom is -0.494 e. The van der Waals surface area contributed by atoms with Crippen LogP contribution in [-0.2, 0) is 0 Å². The fourth-order valence-electron chi connectivity index (χ4n) is 1.31. The highest BCUT2D eigenvalue weighted by molar-refractivity contribution is 6.58. The summed E-state index contributed by atoms with van der Waals surface area (Å²) >= 11 is 0. The molecule has 0 bridgehead atoms. The highest BCUT2D eigenvalue weighted by Gasteiger charge is 2.10. The van der Waals surface area contributed by atoms with Crippen LogP contribution in [0.2, 0.25) is 0 Å². The lowest BCUT2D eigenvalue weighted by atomic mass is 9.80. The fourth-order valence-corrected chi connectivity index (χ4v) is 1.31. The van der Waals surface area contributed by atoms with Crippen molar-refractivity contribution in [3.63, 3.8) is 0 Å². The standard InChI is InChI=1S/C11H17BO3/c1-2-3-4-8-15-11-7-5-6-10(9-11)12(13)14/h5-7,9,13-14H,2-4,8H2,1H3. The van der Waals surface area contributed by atoms with Gasteiger partial charge in [-0.2, -0.15) is 0 Å². The van der Waals surface area contributed by atoms with Gasteiger partial charge in [-0.25, -0.2) is 0 Å². The number of benzene rings is 1. The summed E-state index contributed by atoms with van der Waals surface area (Å²) in [5.41, 5.74) is 0.461. The monoisotopic (exact) mass is 208 g/mol. The zero-order valence-corrected chi connectivity index (χ0v) is 9.02. The molecule has 0 saturated heterocycles. The summed E-state index contributed by atoms with van der Waals surface area (Å²) in [6.07, 6.45) is 3.35. The van der Waals surface area contributed by atoms with E-state index in [0.29, 0.717) is 17.8 Å². The van der Waals surface area contributed by atoms with E-state index < -0.39 is 7.12 Å². The van der Waals surface area contributed by atoms with E-state index in [9.17, 15) is 0 Å². The Kier molecular flexibility index (Phi) is 5.22. The zero-order valence-electron chi connectivity index (χ0n) is 9.02.